The first-order valence-corrected chi connectivity index (χ1v) is 12.9. The van der Waals surface area contributed by atoms with Crippen molar-refractivity contribution in [2.45, 2.75) is 45.1 Å². The van der Waals surface area contributed by atoms with Crippen molar-refractivity contribution in [3.63, 3.8) is 0 Å². The summed E-state index contributed by atoms with van der Waals surface area (Å²) in [6.07, 6.45) is 7.73. The first-order valence-electron chi connectivity index (χ1n) is 12.9. The van der Waals surface area contributed by atoms with Gasteiger partial charge in [0.1, 0.15) is 6.04 Å². The predicted molar refractivity (Wildman–Crippen MR) is 140 cm³/mol. The van der Waals surface area contributed by atoms with Gasteiger partial charge in [0, 0.05) is 42.8 Å². The molecule has 4 rings (SSSR count). The Kier molecular flexibility index (Phi) is 8.89. The topological polar surface area (TPSA) is 107 Å². The number of anilines is 2. The van der Waals surface area contributed by atoms with Crippen LogP contribution in [0.1, 0.15) is 37.7 Å². The second-order valence-electron chi connectivity index (χ2n) is 9.58. The largest absolute Gasteiger partial charge is 0.341 e. The van der Waals surface area contributed by atoms with Gasteiger partial charge >= 0.3 is 6.03 Å². The molecule has 0 spiro atoms. The number of benzene rings is 1. The van der Waals surface area contributed by atoms with Gasteiger partial charge in [-0.3, -0.25) is 14.6 Å². The number of carbonyl (C=O) groups is 3. The Morgan fingerprint density at radius 1 is 1.03 bits per heavy atom. The van der Waals surface area contributed by atoms with Gasteiger partial charge in [0.15, 0.2) is 0 Å². The van der Waals surface area contributed by atoms with E-state index in [1.165, 1.54) is 0 Å². The Balaban J connectivity index is 1.56. The van der Waals surface area contributed by atoms with E-state index in [1.54, 1.807) is 34.3 Å². The van der Waals surface area contributed by atoms with Crippen molar-refractivity contribution in [2.24, 2.45) is 5.92 Å². The Hall–Kier alpha value is -3.46. The SMILES string of the molecule is Cc1ccc(NC(=O)NC(CN(C(=O)C2CCNCC2)c2ccncc2)C(=O)N2CCCCC2)cc1. The first kappa shape index (κ1) is 25.6. The van der Waals surface area contributed by atoms with Crippen LogP contribution in [0, 0.1) is 12.8 Å². The minimum atomic E-state index is -0.882. The molecule has 1 aromatic carbocycles. The number of piperidine rings is 2. The fourth-order valence-corrected chi connectivity index (χ4v) is 4.80. The van der Waals surface area contributed by atoms with E-state index in [-0.39, 0.29) is 24.3 Å². The maximum absolute atomic E-state index is 13.7. The highest BCUT2D eigenvalue weighted by atomic mass is 16.2. The van der Waals surface area contributed by atoms with Crippen LogP contribution in [0.2, 0.25) is 0 Å². The molecule has 2 aliphatic heterocycles. The fourth-order valence-electron chi connectivity index (χ4n) is 4.80. The lowest BCUT2D eigenvalue weighted by Crippen LogP contribution is -2.57. The maximum Gasteiger partial charge on any atom is 0.319 e. The second-order valence-corrected chi connectivity index (χ2v) is 9.58. The summed E-state index contributed by atoms with van der Waals surface area (Å²) in [5.41, 5.74) is 2.40. The van der Waals surface area contributed by atoms with E-state index in [0.717, 1.165) is 50.8 Å². The minimum absolute atomic E-state index is 0.0279. The van der Waals surface area contributed by atoms with Gasteiger partial charge in [-0.1, -0.05) is 17.7 Å². The van der Waals surface area contributed by atoms with E-state index < -0.39 is 12.1 Å². The maximum atomic E-state index is 13.7. The lowest BCUT2D eigenvalue weighted by atomic mass is 9.96. The van der Waals surface area contributed by atoms with E-state index in [4.69, 9.17) is 0 Å². The third-order valence-electron chi connectivity index (χ3n) is 6.87. The molecular weight excluding hydrogens is 456 g/mol. The number of likely N-dealkylation sites (tertiary alicyclic amines) is 1. The average molecular weight is 493 g/mol. The highest BCUT2D eigenvalue weighted by molar-refractivity contribution is 5.98. The van der Waals surface area contributed by atoms with Crippen molar-refractivity contribution in [3.05, 3.63) is 54.4 Å². The lowest BCUT2D eigenvalue weighted by Gasteiger charge is -2.35. The number of pyridine rings is 1. The number of hydrogen-bond acceptors (Lipinski definition) is 5. The van der Waals surface area contributed by atoms with Crippen molar-refractivity contribution in [1.82, 2.24) is 20.5 Å². The molecule has 2 saturated heterocycles. The van der Waals surface area contributed by atoms with E-state index in [1.807, 2.05) is 31.2 Å². The number of amides is 4. The molecule has 192 valence electrons. The average Bonchev–Trinajstić information content (AvgIpc) is 2.93. The quantitative estimate of drug-likeness (QED) is 0.551. The molecule has 1 unspecified atom stereocenters. The number of urea groups is 1. The van der Waals surface area contributed by atoms with E-state index in [9.17, 15) is 14.4 Å². The molecule has 1 atom stereocenters. The molecule has 9 nitrogen and oxygen atoms in total. The van der Waals surface area contributed by atoms with E-state index in [0.29, 0.717) is 24.5 Å². The summed E-state index contributed by atoms with van der Waals surface area (Å²) < 4.78 is 0. The number of carbonyl (C=O) groups excluding carboxylic acids is 3. The molecule has 2 aliphatic rings. The van der Waals surface area contributed by atoms with Crippen LogP contribution >= 0.6 is 0 Å². The summed E-state index contributed by atoms with van der Waals surface area (Å²) in [5.74, 6) is -0.322. The molecular formula is C27H36N6O3. The molecule has 3 heterocycles. The second kappa shape index (κ2) is 12.5. The first-order chi connectivity index (χ1) is 17.5. The smallest absolute Gasteiger partial charge is 0.319 e. The van der Waals surface area contributed by atoms with Crippen LogP contribution in [-0.4, -0.2) is 66.5 Å². The normalized spacial score (nSPS) is 17.2. The molecule has 3 N–H and O–H groups in total. The van der Waals surface area contributed by atoms with E-state index in [2.05, 4.69) is 20.9 Å². The van der Waals surface area contributed by atoms with Gasteiger partial charge in [0.05, 0.1) is 6.54 Å². The molecule has 9 heteroatoms. The van der Waals surface area contributed by atoms with Crippen LogP contribution in [0.3, 0.4) is 0 Å². The number of nitrogens with zero attached hydrogens (tertiary/aromatic N) is 3. The van der Waals surface area contributed by atoms with Crippen LogP contribution in [-0.2, 0) is 9.59 Å². The van der Waals surface area contributed by atoms with Crippen molar-refractivity contribution in [2.75, 3.05) is 42.9 Å². The van der Waals surface area contributed by atoms with Crippen LogP contribution in [0.15, 0.2) is 48.8 Å². The third kappa shape index (κ3) is 6.81. The predicted octanol–water partition coefficient (Wildman–Crippen LogP) is 2.93. The molecule has 0 saturated carbocycles. The number of rotatable bonds is 7. The van der Waals surface area contributed by atoms with Crippen molar-refractivity contribution >= 4 is 29.2 Å². The summed E-state index contributed by atoms with van der Waals surface area (Å²) in [6.45, 7) is 4.93. The zero-order valence-electron chi connectivity index (χ0n) is 20.9. The summed E-state index contributed by atoms with van der Waals surface area (Å²) in [4.78, 5) is 47.8. The zero-order valence-corrected chi connectivity index (χ0v) is 20.9. The van der Waals surface area contributed by atoms with Gasteiger partial charge in [0.25, 0.3) is 0 Å². The third-order valence-corrected chi connectivity index (χ3v) is 6.87. The number of hydrogen-bond donors (Lipinski definition) is 3. The molecule has 2 aromatic rings. The lowest BCUT2D eigenvalue weighted by molar-refractivity contribution is -0.134. The molecule has 36 heavy (non-hydrogen) atoms. The summed E-state index contributed by atoms with van der Waals surface area (Å²) in [6, 6.07) is 9.65. The fraction of sp³-hybridized carbons (Fsp3) is 0.481. The number of aromatic nitrogens is 1. The van der Waals surface area contributed by atoms with Gasteiger partial charge in [-0.25, -0.2) is 4.79 Å². The van der Waals surface area contributed by atoms with Gasteiger partial charge in [-0.2, -0.15) is 0 Å². The molecule has 1 aromatic heterocycles. The zero-order chi connectivity index (χ0) is 25.3. The summed E-state index contributed by atoms with van der Waals surface area (Å²) in [5, 5.41) is 8.99. The number of aryl methyl sites for hydroxylation is 1. The monoisotopic (exact) mass is 492 g/mol. The highest BCUT2D eigenvalue weighted by Crippen LogP contribution is 2.22. The Labute approximate surface area is 212 Å². The van der Waals surface area contributed by atoms with E-state index >= 15 is 0 Å². The minimum Gasteiger partial charge on any atom is -0.341 e. The van der Waals surface area contributed by atoms with Gasteiger partial charge < -0.3 is 25.8 Å². The Morgan fingerprint density at radius 2 is 1.69 bits per heavy atom. The van der Waals surface area contributed by atoms with Gasteiger partial charge in [0.2, 0.25) is 11.8 Å². The van der Waals surface area contributed by atoms with Crippen LogP contribution in [0.5, 0.6) is 0 Å². The van der Waals surface area contributed by atoms with Crippen molar-refractivity contribution in [1.29, 1.82) is 0 Å². The van der Waals surface area contributed by atoms with Crippen molar-refractivity contribution < 1.29 is 14.4 Å². The molecule has 2 fully saturated rings. The summed E-state index contributed by atoms with van der Waals surface area (Å²) >= 11 is 0. The molecule has 0 aliphatic carbocycles. The van der Waals surface area contributed by atoms with Crippen molar-refractivity contribution in [3.8, 4) is 0 Å². The summed E-state index contributed by atoms with van der Waals surface area (Å²) in [7, 11) is 0. The van der Waals surface area contributed by atoms with Crippen LogP contribution < -0.4 is 20.9 Å². The highest BCUT2D eigenvalue weighted by Gasteiger charge is 2.33. The van der Waals surface area contributed by atoms with Crippen LogP contribution in [0.25, 0.3) is 0 Å². The Morgan fingerprint density at radius 3 is 2.36 bits per heavy atom. The standard InChI is InChI=1S/C27H36N6O3/c1-20-5-7-22(8-6-20)30-27(36)31-24(26(35)32-17-3-2-4-18-32)19-33(23-11-15-29-16-12-23)25(34)21-9-13-28-14-10-21/h5-8,11-12,15-16,21,24,28H,2-4,9-10,13-14,17-19H2,1H3,(H2,30,31,36). The van der Waals surface area contributed by atoms with Gasteiger partial charge in [-0.15, -0.1) is 0 Å². The molecule has 0 bridgehead atoms. The van der Waals surface area contributed by atoms with Gasteiger partial charge in [-0.05, 0) is 76.4 Å². The number of nitrogens with one attached hydrogen (secondary N) is 3. The molecule has 4 amide bonds. The molecule has 0 radical (unpaired) electrons. The Bertz CT molecular complexity index is 1020. The van der Waals surface area contributed by atoms with Crippen LogP contribution in [0.4, 0.5) is 16.2 Å².